The largest absolute Gasteiger partial charge is 0.457 e. The van der Waals surface area contributed by atoms with E-state index in [1.54, 1.807) is 12.1 Å². The predicted molar refractivity (Wildman–Crippen MR) is 62.4 cm³/mol. The highest BCUT2D eigenvalue weighted by Crippen LogP contribution is 2.23. The van der Waals surface area contributed by atoms with Crippen molar-refractivity contribution < 1.29 is 13.5 Å². The first-order valence-electron chi connectivity index (χ1n) is 4.97. The van der Waals surface area contributed by atoms with Gasteiger partial charge in [0.1, 0.15) is 11.5 Å². The Morgan fingerprint density at radius 2 is 1.53 bits per heavy atom. The highest BCUT2D eigenvalue weighted by molar-refractivity contribution is 6.17. The number of hydrogen-bond donors (Lipinski definition) is 0. The fraction of sp³-hybridized carbons (Fsp3) is 0.0769. The lowest BCUT2D eigenvalue weighted by atomic mass is 10.2. The third kappa shape index (κ3) is 2.94. The van der Waals surface area contributed by atoms with Crippen LogP contribution in [-0.4, -0.2) is 0 Å². The lowest BCUT2D eigenvalue weighted by Gasteiger charge is -2.06. The Morgan fingerprint density at radius 1 is 0.882 bits per heavy atom. The van der Waals surface area contributed by atoms with E-state index in [9.17, 15) is 8.78 Å². The molecule has 0 aliphatic rings. The molecule has 0 unspecified atom stereocenters. The van der Waals surface area contributed by atoms with Gasteiger partial charge >= 0.3 is 0 Å². The van der Waals surface area contributed by atoms with Crippen molar-refractivity contribution in [3.05, 3.63) is 59.7 Å². The molecular weight excluding hydrogens is 246 g/mol. The van der Waals surface area contributed by atoms with Crippen molar-refractivity contribution in [1.29, 1.82) is 0 Å². The van der Waals surface area contributed by atoms with Crippen LogP contribution in [0, 0.1) is 11.6 Å². The molecule has 2 aromatic carbocycles. The van der Waals surface area contributed by atoms with E-state index >= 15 is 0 Å². The van der Waals surface area contributed by atoms with Gasteiger partial charge in [-0.1, -0.05) is 12.1 Å². The van der Waals surface area contributed by atoms with Crippen LogP contribution in [0.3, 0.4) is 0 Å². The molecule has 0 fully saturated rings. The Labute approximate surface area is 103 Å². The normalized spacial score (nSPS) is 10.3. The molecule has 0 amide bonds. The third-order valence-electron chi connectivity index (χ3n) is 2.20. The van der Waals surface area contributed by atoms with E-state index in [0.29, 0.717) is 11.6 Å². The van der Waals surface area contributed by atoms with E-state index in [2.05, 4.69) is 0 Å². The molecule has 4 heteroatoms. The molecular formula is C13H9ClF2O. The summed E-state index contributed by atoms with van der Waals surface area (Å²) in [6, 6.07) is 10.5. The molecule has 88 valence electrons. The second-order valence-corrected chi connectivity index (χ2v) is 3.72. The quantitative estimate of drug-likeness (QED) is 0.733. The summed E-state index contributed by atoms with van der Waals surface area (Å²) in [4.78, 5) is 0. The first-order valence-corrected chi connectivity index (χ1v) is 5.50. The molecule has 2 rings (SSSR count). The number of alkyl halides is 1. The fourth-order valence-corrected chi connectivity index (χ4v) is 1.50. The number of halogens is 3. The van der Waals surface area contributed by atoms with Crippen LogP contribution in [0.5, 0.6) is 11.5 Å². The van der Waals surface area contributed by atoms with Crippen molar-refractivity contribution in [2.24, 2.45) is 0 Å². The van der Waals surface area contributed by atoms with E-state index in [4.69, 9.17) is 16.3 Å². The maximum atomic E-state index is 12.9. The van der Waals surface area contributed by atoms with E-state index in [-0.39, 0.29) is 5.75 Å². The minimum atomic E-state index is -0.931. The summed E-state index contributed by atoms with van der Waals surface area (Å²) in [6.45, 7) is 0. The zero-order valence-electron chi connectivity index (χ0n) is 8.79. The average molecular weight is 255 g/mol. The Hall–Kier alpha value is -1.61. The highest BCUT2D eigenvalue weighted by Gasteiger charge is 2.04. The average Bonchev–Trinajstić information content (AvgIpc) is 2.35. The van der Waals surface area contributed by atoms with Crippen molar-refractivity contribution in [3.8, 4) is 11.5 Å². The Kier molecular flexibility index (Phi) is 3.59. The van der Waals surface area contributed by atoms with E-state index in [0.717, 1.165) is 17.7 Å². The van der Waals surface area contributed by atoms with Crippen molar-refractivity contribution in [2.45, 2.75) is 5.88 Å². The molecule has 17 heavy (non-hydrogen) atoms. The van der Waals surface area contributed by atoms with Crippen molar-refractivity contribution in [2.75, 3.05) is 0 Å². The molecule has 0 bridgehead atoms. The first-order chi connectivity index (χ1) is 8.19. The Morgan fingerprint density at radius 3 is 2.12 bits per heavy atom. The second kappa shape index (κ2) is 5.15. The van der Waals surface area contributed by atoms with Crippen molar-refractivity contribution in [3.63, 3.8) is 0 Å². The minimum Gasteiger partial charge on any atom is -0.457 e. The molecule has 0 radical (unpaired) electrons. The van der Waals surface area contributed by atoms with Crippen molar-refractivity contribution >= 4 is 11.6 Å². The Bertz CT molecular complexity index is 511. The monoisotopic (exact) mass is 254 g/mol. The Balaban J connectivity index is 2.16. The highest BCUT2D eigenvalue weighted by atomic mass is 35.5. The van der Waals surface area contributed by atoms with Gasteiger partial charge in [-0.2, -0.15) is 0 Å². The van der Waals surface area contributed by atoms with Gasteiger partial charge in [-0.05, 0) is 29.8 Å². The predicted octanol–water partition coefficient (Wildman–Crippen LogP) is 4.50. The molecule has 0 aromatic heterocycles. The van der Waals surface area contributed by atoms with Gasteiger partial charge in [-0.25, -0.2) is 8.78 Å². The molecule has 0 aliphatic heterocycles. The maximum absolute atomic E-state index is 12.9. The van der Waals surface area contributed by atoms with Crippen LogP contribution in [0.2, 0.25) is 0 Å². The molecule has 0 saturated heterocycles. The van der Waals surface area contributed by atoms with Crippen LogP contribution < -0.4 is 4.74 Å². The number of hydrogen-bond acceptors (Lipinski definition) is 1. The summed E-state index contributed by atoms with van der Waals surface area (Å²) in [7, 11) is 0. The van der Waals surface area contributed by atoms with Crippen LogP contribution in [0.4, 0.5) is 8.78 Å². The first kappa shape index (κ1) is 11.9. The molecule has 0 spiro atoms. The van der Waals surface area contributed by atoms with Gasteiger partial charge in [0.25, 0.3) is 0 Å². The van der Waals surface area contributed by atoms with Gasteiger partial charge in [0.05, 0.1) is 0 Å². The third-order valence-corrected chi connectivity index (χ3v) is 2.51. The SMILES string of the molecule is Fc1ccc(Oc2ccc(CCl)cc2)cc1F. The molecule has 0 aliphatic carbocycles. The summed E-state index contributed by atoms with van der Waals surface area (Å²) in [6.07, 6.45) is 0. The minimum absolute atomic E-state index is 0.252. The summed E-state index contributed by atoms with van der Waals surface area (Å²) in [5, 5.41) is 0. The van der Waals surface area contributed by atoms with Crippen LogP contribution >= 0.6 is 11.6 Å². The summed E-state index contributed by atoms with van der Waals surface area (Å²) < 4.78 is 31.0. The molecule has 0 heterocycles. The van der Waals surface area contributed by atoms with Gasteiger partial charge in [0.2, 0.25) is 0 Å². The molecule has 0 saturated carbocycles. The van der Waals surface area contributed by atoms with Gasteiger partial charge in [-0.3, -0.25) is 0 Å². The summed E-state index contributed by atoms with van der Waals surface area (Å²) >= 11 is 5.65. The second-order valence-electron chi connectivity index (χ2n) is 3.46. The smallest absolute Gasteiger partial charge is 0.162 e. The van der Waals surface area contributed by atoms with E-state index in [1.165, 1.54) is 6.07 Å². The summed E-state index contributed by atoms with van der Waals surface area (Å²) in [5.74, 6) is -0.604. The summed E-state index contributed by atoms with van der Waals surface area (Å²) in [5.41, 5.74) is 0.962. The topological polar surface area (TPSA) is 9.23 Å². The van der Waals surface area contributed by atoms with E-state index in [1.807, 2.05) is 12.1 Å². The van der Waals surface area contributed by atoms with E-state index < -0.39 is 11.6 Å². The molecule has 0 atom stereocenters. The van der Waals surface area contributed by atoms with Crippen LogP contribution in [0.15, 0.2) is 42.5 Å². The van der Waals surface area contributed by atoms with Crippen LogP contribution in [-0.2, 0) is 5.88 Å². The fourth-order valence-electron chi connectivity index (χ4n) is 1.32. The zero-order chi connectivity index (χ0) is 12.3. The lowest BCUT2D eigenvalue weighted by Crippen LogP contribution is -1.88. The van der Waals surface area contributed by atoms with Gasteiger partial charge in [0.15, 0.2) is 11.6 Å². The molecule has 0 N–H and O–H groups in total. The lowest BCUT2D eigenvalue weighted by molar-refractivity contribution is 0.461. The van der Waals surface area contributed by atoms with Gasteiger partial charge in [-0.15, -0.1) is 11.6 Å². The van der Waals surface area contributed by atoms with Crippen LogP contribution in [0.1, 0.15) is 5.56 Å². The zero-order valence-corrected chi connectivity index (χ0v) is 9.55. The maximum Gasteiger partial charge on any atom is 0.162 e. The standard InChI is InChI=1S/C13H9ClF2O/c14-8-9-1-3-10(4-2-9)17-11-5-6-12(15)13(16)7-11/h1-7H,8H2. The molecule has 1 nitrogen and oxygen atoms in total. The number of benzene rings is 2. The number of rotatable bonds is 3. The van der Waals surface area contributed by atoms with Gasteiger partial charge < -0.3 is 4.74 Å². The van der Waals surface area contributed by atoms with Crippen molar-refractivity contribution in [1.82, 2.24) is 0 Å². The van der Waals surface area contributed by atoms with Gasteiger partial charge in [0, 0.05) is 11.9 Å². The number of ether oxygens (including phenoxy) is 1. The van der Waals surface area contributed by atoms with Crippen LogP contribution in [0.25, 0.3) is 0 Å². The molecule has 2 aromatic rings.